The van der Waals surface area contributed by atoms with Gasteiger partial charge in [0, 0.05) is 56.8 Å². The Morgan fingerprint density at radius 1 is 1.21 bits per heavy atom. The summed E-state index contributed by atoms with van der Waals surface area (Å²) in [5.41, 5.74) is 1.17. The smallest absolute Gasteiger partial charge is 1.00 e. The molecule has 0 spiro atoms. The first-order valence-corrected chi connectivity index (χ1v) is 3.35. The molecule has 0 fully saturated rings. The molecule has 4 radical (unpaired) electrons. The van der Waals surface area contributed by atoms with Crippen molar-refractivity contribution in [3.05, 3.63) is 35.9 Å². The van der Waals surface area contributed by atoms with Crippen LogP contribution in [0.25, 0.3) is 6.08 Å². The molecule has 2 rings (SSSR count). The molecule has 0 saturated carbocycles. The van der Waals surface area contributed by atoms with Gasteiger partial charge in [0.1, 0.15) is 12.4 Å². The molecule has 0 aliphatic carbocycles. The molecular formula is C9H10AlCoFeMgO. The van der Waals surface area contributed by atoms with Crippen LogP contribution in [0.3, 0.4) is 0 Å². The van der Waals surface area contributed by atoms with E-state index in [0.29, 0.717) is 6.61 Å². The van der Waals surface area contributed by atoms with E-state index in [1.54, 1.807) is 0 Å². The minimum Gasteiger partial charge on any atom is -1.00 e. The van der Waals surface area contributed by atoms with E-state index in [-0.39, 0.29) is 77.1 Å². The molecule has 0 unspecified atom stereocenters. The van der Waals surface area contributed by atoms with E-state index in [9.17, 15) is 0 Å². The third-order valence-corrected chi connectivity index (χ3v) is 1.55. The van der Waals surface area contributed by atoms with Gasteiger partial charge in [0.15, 0.2) is 0 Å². The summed E-state index contributed by atoms with van der Waals surface area (Å²) in [6.07, 6.45) is 4.10. The second-order valence-corrected chi connectivity index (χ2v) is 2.25. The molecule has 1 aromatic rings. The van der Waals surface area contributed by atoms with Gasteiger partial charge in [-0.2, -0.15) is 0 Å². The second kappa shape index (κ2) is 10.6. The van der Waals surface area contributed by atoms with E-state index in [4.69, 9.17) is 4.74 Å². The summed E-state index contributed by atoms with van der Waals surface area (Å²) in [5, 5.41) is 0. The fourth-order valence-corrected chi connectivity index (χ4v) is 1.06. The third-order valence-electron chi connectivity index (χ3n) is 1.55. The summed E-state index contributed by atoms with van der Waals surface area (Å²) in [6, 6.07) is 8.03. The summed E-state index contributed by atoms with van der Waals surface area (Å²) >= 11 is 0. The summed E-state index contributed by atoms with van der Waals surface area (Å²) in [7, 11) is 0. The molecule has 5 heteroatoms. The summed E-state index contributed by atoms with van der Waals surface area (Å²) in [6.45, 7) is 0.705. The zero-order valence-corrected chi connectivity index (χ0v) is 12.3. The van der Waals surface area contributed by atoms with Gasteiger partial charge in [-0.25, -0.2) is 0 Å². The van der Waals surface area contributed by atoms with Gasteiger partial charge in [0.2, 0.25) is 0 Å². The van der Waals surface area contributed by atoms with Crippen LogP contribution < -0.4 is 4.74 Å². The largest absolute Gasteiger partial charge is 2.00 e. The third kappa shape index (κ3) is 5.25. The van der Waals surface area contributed by atoms with E-state index in [1.807, 2.05) is 30.3 Å². The van der Waals surface area contributed by atoms with Gasteiger partial charge >= 0.3 is 23.1 Å². The molecule has 1 aliphatic rings. The SMILES string of the molecule is C1=Cc2ccccc2OC1.[Al].[Co].[Fe].[H-].[H-].[Mg+2]. The molecule has 1 nitrogen and oxygen atoms in total. The first-order valence-electron chi connectivity index (χ1n) is 3.35. The van der Waals surface area contributed by atoms with Gasteiger partial charge in [0.25, 0.3) is 0 Å². The normalized spacial score (nSPS) is 10.0. The van der Waals surface area contributed by atoms with Crippen molar-refractivity contribution in [3.63, 3.8) is 0 Å². The zero-order chi connectivity index (χ0) is 6.81. The summed E-state index contributed by atoms with van der Waals surface area (Å²) in [4.78, 5) is 0. The molecule has 0 N–H and O–H groups in total. The molecule has 1 aromatic carbocycles. The predicted octanol–water partition coefficient (Wildman–Crippen LogP) is 1.55. The van der Waals surface area contributed by atoms with E-state index in [0.717, 1.165) is 5.75 Å². The van der Waals surface area contributed by atoms with E-state index < -0.39 is 0 Å². The van der Waals surface area contributed by atoms with Crippen molar-refractivity contribution in [1.29, 1.82) is 0 Å². The Hall–Kier alpha value is 1.08. The molecular weight excluding hydrogens is 290 g/mol. The van der Waals surface area contributed by atoms with Crippen LogP contribution in [0.5, 0.6) is 5.75 Å². The first-order chi connectivity index (χ1) is 4.97. The summed E-state index contributed by atoms with van der Waals surface area (Å²) in [5.74, 6) is 0.991. The number of hydrogen-bond acceptors (Lipinski definition) is 1. The molecule has 0 bridgehead atoms. The molecule has 74 valence electrons. The monoisotopic (exact) mass is 300 g/mol. The minimum absolute atomic E-state index is 0. The van der Waals surface area contributed by atoms with Crippen LogP contribution in [0, 0.1) is 0 Å². The molecule has 0 atom stereocenters. The molecule has 14 heavy (non-hydrogen) atoms. The van der Waals surface area contributed by atoms with Crippen LogP contribution in [-0.4, -0.2) is 47.0 Å². The van der Waals surface area contributed by atoms with Crippen molar-refractivity contribution in [2.45, 2.75) is 0 Å². The number of ether oxygens (including phenoxy) is 1. The van der Waals surface area contributed by atoms with Crippen molar-refractivity contribution >= 4 is 46.5 Å². The van der Waals surface area contributed by atoms with Crippen LogP contribution in [-0.2, 0) is 33.8 Å². The topological polar surface area (TPSA) is 9.23 Å². The van der Waals surface area contributed by atoms with Crippen molar-refractivity contribution in [2.75, 3.05) is 6.61 Å². The van der Waals surface area contributed by atoms with Crippen LogP contribution in [0.2, 0.25) is 0 Å². The quantitative estimate of drug-likeness (QED) is 0.661. The van der Waals surface area contributed by atoms with Gasteiger partial charge in [-0.3, -0.25) is 0 Å². The van der Waals surface area contributed by atoms with Gasteiger partial charge in [-0.1, -0.05) is 24.3 Å². The predicted molar refractivity (Wildman–Crippen MR) is 54.7 cm³/mol. The Morgan fingerprint density at radius 3 is 2.50 bits per heavy atom. The standard InChI is InChI=1S/C9H8O.Al.Co.Fe.Mg.2H/c1-2-6-9-8(4-1)5-3-7-10-9;;;;;;/h1-6H,7H2;;;;;;/q;;;;+2;2*-1. The van der Waals surface area contributed by atoms with Crippen LogP contribution in [0.4, 0.5) is 0 Å². The fourth-order valence-electron chi connectivity index (χ4n) is 1.06. The molecule has 1 heterocycles. The van der Waals surface area contributed by atoms with Gasteiger partial charge in [0.05, 0.1) is 0 Å². The van der Waals surface area contributed by atoms with Crippen molar-refractivity contribution in [1.82, 2.24) is 0 Å². The van der Waals surface area contributed by atoms with Crippen molar-refractivity contribution < 1.29 is 41.4 Å². The average molecular weight is 300 g/mol. The minimum atomic E-state index is 0. The maximum Gasteiger partial charge on any atom is 2.00 e. The number of fused-ring (bicyclic) bond motifs is 1. The first kappa shape index (κ1) is 20.5. The van der Waals surface area contributed by atoms with Crippen LogP contribution >= 0.6 is 0 Å². The van der Waals surface area contributed by atoms with Gasteiger partial charge < -0.3 is 7.59 Å². The molecule has 0 aromatic heterocycles. The van der Waals surface area contributed by atoms with Crippen LogP contribution in [0.15, 0.2) is 30.3 Å². The van der Waals surface area contributed by atoms with Gasteiger partial charge in [-0.05, 0) is 12.1 Å². The van der Waals surface area contributed by atoms with E-state index in [1.165, 1.54) is 5.56 Å². The number of para-hydroxylation sites is 1. The zero-order valence-electron chi connectivity index (χ0n) is 9.55. The fraction of sp³-hybridized carbons (Fsp3) is 0.111. The van der Waals surface area contributed by atoms with Gasteiger partial charge in [-0.15, -0.1) is 0 Å². The Bertz CT molecular complexity index is 292. The molecule has 1 aliphatic heterocycles. The number of benzene rings is 1. The Labute approximate surface area is 135 Å². The Kier molecular flexibility index (Phi) is 15.5. The average Bonchev–Trinajstić information content (AvgIpc) is 2.05. The van der Waals surface area contributed by atoms with E-state index >= 15 is 0 Å². The van der Waals surface area contributed by atoms with Crippen LogP contribution in [0.1, 0.15) is 8.42 Å². The summed E-state index contributed by atoms with van der Waals surface area (Å²) < 4.78 is 5.34. The van der Waals surface area contributed by atoms with Crippen molar-refractivity contribution in [3.8, 4) is 5.75 Å². The maximum absolute atomic E-state index is 5.34. The Balaban J connectivity index is -0.0000000672. The van der Waals surface area contributed by atoms with Crippen molar-refractivity contribution in [2.24, 2.45) is 0 Å². The van der Waals surface area contributed by atoms with E-state index in [2.05, 4.69) is 6.08 Å². The molecule has 0 saturated heterocycles. The molecule has 0 amide bonds. The second-order valence-electron chi connectivity index (χ2n) is 2.25. The maximum atomic E-state index is 5.34. The number of hydrogen-bond donors (Lipinski definition) is 0. The Morgan fingerprint density at radius 2 is 1.86 bits per heavy atom. The number of rotatable bonds is 0.